The third kappa shape index (κ3) is 3.51. The van der Waals surface area contributed by atoms with Gasteiger partial charge in [0.25, 0.3) is 0 Å². The van der Waals surface area contributed by atoms with Gasteiger partial charge in [-0.15, -0.1) is 0 Å². The lowest BCUT2D eigenvalue weighted by Gasteiger charge is -2.17. The largest absolute Gasteiger partial charge is 0.0618 e. The Morgan fingerprint density at radius 3 is 1.66 bits per heavy atom. The van der Waals surface area contributed by atoms with Crippen LogP contribution in [0.2, 0.25) is 0 Å². The van der Waals surface area contributed by atoms with Crippen molar-refractivity contribution >= 4 is 112 Å². The summed E-state index contributed by atoms with van der Waals surface area (Å²) in [5, 5.41) is 16.0. The van der Waals surface area contributed by atoms with Crippen LogP contribution in [0, 0.1) is 0 Å². The Kier molecular flexibility index (Phi) is 5.36. The van der Waals surface area contributed by atoms with Gasteiger partial charge in [-0.25, -0.2) is 0 Å². The van der Waals surface area contributed by atoms with E-state index in [1.54, 1.807) is 15.1 Å². The van der Waals surface area contributed by atoms with Crippen molar-refractivity contribution in [3.63, 3.8) is 0 Å². The first kappa shape index (κ1) is 20.5. The summed E-state index contributed by atoms with van der Waals surface area (Å²) in [6, 6.07) is 35.1. The van der Waals surface area contributed by atoms with Crippen molar-refractivity contribution in [2.75, 3.05) is 0 Å². The van der Waals surface area contributed by atoms with E-state index in [9.17, 15) is 0 Å². The Labute approximate surface area is 202 Å². The molecule has 0 aliphatic carbocycles. The van der Waals surface area contributed by atoms with Crippen molar-refractivity contribution < 1.29 is 0 Å². The minimum atomic E-state index is -0.622. The van der Waals surface area contributed by atoms with E-state index in [-0.39, 0.29) is 0 Å². The van der Waals surface area contributed by atoms with Gasteiger partial charge in [0.05, 0.1) is 0 Å². The molecule has 0 nitrogen and oxygen atoms in total. The lowest BCUT2D eigenvalue weighted by atomic mass is 9.95. The predicted octanol–water partition coefficient (Wildman–Crippen LogP) is 0.862. The van der Waals surface area contributed by atoms with Crippen LogP contribution in [0.5, 0.6) is 0 Å². The van der Waals surface area contributed by atoms with Gasteiger partial charge >= 0.3 is 0 Å². The van der Waals surface area contributed by atoms with E-state index in [4.69, 9.17) is 0 Å². The molecule has 0 radical (unpaired) electrons. The first-order valence-electron chi connectivity index (χ1n) is 11.9. The molecule has 0 bridgehead atoms. The summed E-state index contributed by atoms with van der Waals surface area (Å²) < 4.78 is 0. The molecular weight excluding hydrogens is 481 g/mol. The van der Waals surface area contributed by atoms with Crippen molar-refractivity contribution in [3.8, 4) is 0 Å². The second-order valence-corrected chi connectivity index (χ2v) is 54.3. The first-order chi connectivity index (χ1) is 15.7. The van der Waals surface area contributed by atoms with E-state index in [1.807, 2.05) is 5.19 Å². The molecular formula is C26H28Si6. The van der Waals surface area contributed by atoms with Crippen LogP contribution in [0.15, 0.2) is 91.0 Å². The maximum Gasteiger partial charge on any atom is 0.0396 e. The smallest absolute Gasteiger partial charge is 0.0396 e. The standard InChI is InChI=1S/C26H28Si6/c27-29-30-31-32(28)26-15-22-11-20-9-16-5-1-2-6-17(16)10-21(20)14-23(22)24-12-18-7-3-4-8-19(18)13-25(24)26/h1-15,32H,29-31H2,27-28H3. The van der Waals surface area contributed by atoms with E-state index >= 15 is 0 Å². The number of benzene rings is 6. The average Bonchev–Trinajstić information content (AvgIpc) is 2.83. The van der Waals surface area contributed by atoms with Gasteiger partial charge in [-0.1, -0.05) is 59.8 Å². The van der Waals surface area contributed by atoms with Crippen LogP contribution in [0.3, 0.4) is 0 Å². The number of hydrogen-bond donors (Lipinski definition) is 0. The van der Waals surface area contributed by atoms with Crippen LogP contribution in [-0.2, 0) is 0 Å². The minimum absolute atomic E-state index is 0.298. The fourth-order valence-corrected chi connectivity index (χ4v) is 120. The van der Waals surface area contributed by atoms with Gasteiger partial charge in [-0.2, -0.15) is 0 Å². The second-order valence-electron chi connectivity index (χ2n) is 9.37. The summed E-state index contributed by atoms with van der Waals surface area (Å²) in [5.41, 5.74) is 0. The molecule has 0 N–H and O–H groups in total. The molecule has 0 saturated heterocycles. The Balaban J connectivity index is 1.72. The Bertz CT molecular complexity index is 1640. The first-order valence-corrected chi connectivity index (χ1v) is 34.0. The molecule has 6 aromatic carbocycles. The number of hydrogen-bond acceptors (Lipinski definition) is 0. The molecule has 1 unspecified atom stereocenters. The molecule has 32 heavy (non-hydrogen) atoms. The normalized spacial score (nSPS) is 14.2. The SMILES string of the molecule is [SiH3][SiH2][SiH2][SiH2][SiH]([SiH3])c1cc2cc3cc4ccccc4cc3cc2c2cc3ccccc3cc12. The summed E-state index contributed by atoms with van der Waals surface area (Å²) in [6.07, 6.45) is 0. The van der Waals surface area contributed by atoms with Crippen molar-refractivity contribution in [2.45, 2.75) is 0 Å². The maximum atomic E-state index is 2.65. The summed E-state index contributed by atoms with van der Waals surface area (Å²) >= 11 is 0. The minimum Gasteiger partial charge on any atom is -0.0618 e. The van der Waals surface area contributed by atoms with Crippen molar-refractivity contribution in [2.24, 2.45) is 0 Å². The molecule has 0 heterocycles. The molecule has 156 valence electrons. The zero-order valence-electron chi connectivity index (χ0n) is 18.9. The third-order valence-electron chi connectivity index (χ3n) is 7.19. The van der Waals surface area contributed by atoms with Crippen LogP contribution >= 0.6 is 0 Å². The molecule has 0 saturated carbocycles. The maximum absolute atomic E-state index is 2.65. The molecule has 0 spiro atoms. The highest BCUT2D eigenvalue weighted by Crippen LogP contribution is 2.33. The zero-order chi connectivity index (χ0) is 21.7. The molecule has 6 aromatic rings. The number of fused-ring (bicyclic) bond motifs is 6. The number of rotatable bonds is 4. The molecule has 1 atom stereocenters. The Hall–Kier alpha value is -2.08. The van der Waals surface area contributed by atoms with Gasteiger partial charge in [0.1, 0.15) is 0 Å². The Morgan fingerprint density at radius 2 is 1.03 bits per heavy atom. The van der Waals surface area contributed by atoms with Crippen LogP contribution in [0.4, 0.5) is 0 Å². The van der Waals surface area contributed by atoms with Gasteiger partial charge in [0.2, 0.25) is 0 Å². The summed E-state index contributed by atoms with van der Waals surface area (Å²) in [6.45, 7) is 0. The summed E-state index contributed by atoms with van der Waals surface area (Å²) in [4.78, 5) is 0. The van der Waals surface area contributed by atoms with E-state index in [2.05, 4.69) is 91.0 Å². The molecule has 0 aliphatic heterocycles. The van der Waals surface area contributed by atoms with Crippen molar-refractivity contribution in [3.05, 3.63) is 91.0 Å². The van der Waals surface area contributed by atoms with Gasteiger partial charge in [-0.05, 0) is 135 Å². The van der Waals surface area contributed by atoms with Gasteiger partial charge in [0, 0.05) is 7.83 Å². The van der Waals surface area contributed by atoms with Crippen LogP contribution in [-0.4, -0.2) is 53.0 Å². The predicted molar refractivity (Wildman–Crippen MR) is 166 cm³/mol. The van der Waals surface area contributed by atoms with E-state index in [0.29, 0.717) is 25.7 Å². The topological polar surface area (TPSA) is 0 Å². The molecule has 0 amide bonds. The molecule has 6 heteroatoms. The summed E-state index contributed by atoms with van der Waals surface area (Å²) in [7, 11) is 3.65. The highest BCUT2D eigenvalue weighted by Gasteiger charge is 2.15. The molecule has 0 fully saturated rings. The third-order valence-corrected chi connectivity index (χ3v) is 83.4. The Morgan fingerprint density at radius 1 is 0.531 bits per heavy atom. The van der Waals surface area contributed by atoms with E-state index in [1.165, 1.54) is 58.2 Å². The average molecular weight is 509 g/mol. The van der Waals surface area contributed by atoms with Gasteiger partial charge < -0.3 is 0 Å². The fourth-order valence-electron chi connectivity index (χ4n) is 5.38. The van der Waals surface area contributed by atoms with Crippen LogP contribution in [0.1, 0.15) is 0 Å². The van der Waals surface area contributed by atoms with Gasteiger partial charge in [-0.3, -0.25) is 0 Å². The highest BCUT2D eigenvalue weighted by atomic mass is 29.9. The van der Waals surface area contributed by atoms with Gasteiger partial charge in [0.15, 0.2) is 0 Å². The highest BCUT2D eigenvalue weighted by molar-refractivity contribution is 7.63. The van der Waals surface area contributed by atoms with Crippen LogP contribution < -0.4 is 5.19 Å². The summed E-state index contributed by atoms with van der Waals surface area (Å²) in [5.74, 6) is 0. The lowest BCUT2D eigenvalue weighted by molar-refractivity contribution is 1.79. The molecule has 0 aromatic heterocycles. The zero-order valence-corrected chi connectivity index (χ0v) is 28.3. The fraction of sp³-hybridized carbons (Fsp3) is 0. The quantitative estimate of drug-likeness (QED) is 0.188. The second kappa shape index (κ2) is 8.36. The molecule has 6 rings (SSSR count). The lowest BCUT2D eigenvalue weighted by Crippen LogP contribution is -2.42. The van der Waals surface area contributed by atoms with E-state index in [0.717, 1.165) is 0 Å². The van der Waals surface area contributed by atoms with Crippen molar-refractivity contribution in [1.29, 1.82) is 0 Å². The van der Waals surface area contributed by atoms with Crippen molar-refractivity contribution in [1.82, 2.24) is 0 Å². The molecule has 0 aliphatic rings. The van der Waals surface area contributed by atoms with E-state index < -0.39 is 7.83 Å². The monoisotopic (exact) mass is 508 g/mol. The van der Waals surface area contributed by atoms with Crippen LogP contribution in [0.25, 0.3) is 53.9 Å².